The molecule has 1 saturated carbocycles. The second-order valence-corrected chi connectivity index (χ2v) is 14.5. The first-order valence-corrected chi connectivity index (χ1v) is 17.6. The van der Waals surface area contributed by atoms with E-state index in [1.165, 1.54) is 10.6 Å². The van der Waals surface area contributed by atoms with Crippen molar-refractivity contribution in [2.75, 3.05) is 17.1 Å². The number of rotatable bonds is 13. The first-order valence-electron chi connectivity index (χ1n) is 14.9. The summed E-state index contributed by atoms with van der Waals surface area (Å²) in [7, 11) is -3.57. The van der Waals surface area contributed by atoms with Crippen molar-refractivity contribution in [1.29, 1.82) is 0 Å². The number of benzene rings is 3. The highest BCUT2D eigenvalue weighted by Gasteiger charge is 2.32. The minimum atomic E-state index is -3.57. The van der Waals surface area contributed by atoms with Crippen molar-refractivity contribution in [1.82, 2.24) is 10.2 Å². The molecule has 2 amide bonds. The molecule has 1 aliphatic carbocycles. The molecule has 1 fully saturated rings. The number of carbonyl (C=O) groups excluding carboxylic acids is 2. The van der Waals surface area contributed by atoms with E-state index in [1.54, 1.807) is 4.90 Å². The van der Waals surface area contributed by atoms with Gasteiger partial charge in [0.2, 0.25) is 21.8 Å². The van der Waals surface area contributed by atoms with Crippen molar-refractivity contribution in [3.8, 4) is 0 Å². The van der Waals surface area contributed by atoms with Gasteiger partial charge in [0.15, 0.2) is 0 Å². The summed E-state index contributed by atoms with van der Waals surface area (Å²) < 4.78 is 27.8. The van der Waals surface area contributed by atoms with Crippen LogP contribution >= 0.6 is 15.9 Å². The van der Waals surface area contributed by atoms with Crippen molar-refractivity contribution in [2.24, 2.45) is 0 Å². The van der Waals surface area contributed by atoms with Gasteiger partial charge in [0, 0.05) is 36.4 Å². The lowest BCUT2D eigenvalue weighted by atomic mass is 10.0. The number of carbonyl (C=O) groups is 2. The predicted octanol–water partition coefficient (Wildman–Crippen LogP) is 6.31. The first-order chi connectivity index (χ1) is 20.5. The van der Waals surface area contributed by atoms with Gasteiger partial charge in [-0.05, 0) is 79.6 Å². The maximum absolute atomic E-state index is 14.0. The number of sulfonamides is 1. The van der Waals surface area contributed by atoms with Crippen LogP contribution in [0.1, 0.15) is 60.8 Å². The van der Waals surface area contributed by atoms with Crippen molar-refractivity contribution in [3.63, 3.8) is 0 Å². The predicted molar refractivity (Wildman–Crippen MR) is 176 cm³/mol. The molecule has 0 unspecified atom stereocenters. The molecule has 0 bridgehead atoms. The number of nitrogens with one attached hydrogen (secondary N) is 1. The highest BCUT2D eigenvalue weighted by Crippen LogP contribution is 2.24. The van der Waals surface area contributed by atoms with Gasteiger partial charge in [-0.3, -0.25) is 13.9 Å². The Morgan fingerprint density at radius 3 is 2.21 bits per heavy atom. The second-order valence-electron chi connectivity index (χ2n) is 11.6. The molecule has 1 N–H and O–H groups in total. The minimum absolute atomic E-state index is 0.104. The fourth-order valence-electron chi connectivity index (χ4n) is 5.85. The van der Waals surface area contributed by atoms with E-state index in [2.05, 4.69) is 21.2 Å². The normalized spacial score (nSPS) is 14.3. The number of nitrogens with zero attached hydrogens (tertiary/aromatic N) is 2. The Balaban J connectivity index is 1.59. The molecule has 0 spiro atoms. The van der Waals surface area contributed by atoms with Crippen LogP contribution < -0.4 is 9.62 Å². The van der Waals surface area contributed by atoms with Crippen LogP contribution in [0.25, 0.3) is 0 Å². The zero-order chi connectivity index (χ0) is 31.0. The number of amides is 2. The van der Waals surface area contributed by atoms with E-state index in [1.807, 2.05) is 86.6 Å². The average Bonchev–Trinajstić information content (AvgIpc) is 3.45. The van der Waals surface area contributed by atoms with E-state index in [4.69, 9.17) is 0 Å². The van der Waals surface area contributed by atoms with Gasteiger partial charge in [-0.15, -0.1) is 0 Å². The largest absolute Gasteiger partial charge is 0.352 e. The standard InChI is InChI=1S/C34H42BrN3O4S/c1-25-19-26(2)21-31(20-25)38(43(3,41)42)18-10-17-33(39)37(24-28-13-9-14-29(35)22-28)32(23-27-11-5-4-6-12-27)34(40)36-30-15-7-8-16-30/h4-6,9,11-14,19-22,30,32H,7-8,10,15-18,23-24H2,1-3H3,(H,36,40)/t32-/m1/s1. The summed E-state index contributed by atoms with van der Waals surface area (Å²) in [5, 5.41) is 3.23. The molecule has 3 aromatic rings. The Bertz CT molecular complexity index is 1490. The quantitative estimate of drug-likeness (QED) is 0.231. The van der Waals surface area contributed by atoms with E-state index in [9.17, 15) is 18.0 Å². The Labute approximate surface area is 264 Å². The van der Waals surface area contributed by atoms with Crippen LogP contribution in [0.4, 0.5) is 5.69 Å². The molecule has 43 heavy (non-hydrogen) atoms. The van der Waals surface area contributed by atoms with Crippen LogP contribution in [-0.4, -0.2) is 50.0 Å². The molecular weight excluding hydrogens is 626 g/mol. The molecule has 0 aromatic heterocycles. The minimum Gasteiger partial charge on any atom is -0.352 e. The van der Waals surface area contributed by atoms with Crippen molar-refractivity contribution >= 4 is 43.5 Å². The van der Waals surface area contributed by atoms with Crippen LogP contribution in [0.15, 0.2) is 77.3 Å². The van der Waals surface area contributed by atoms with Gasteiger partial charge in [-0.2, -0.15) is 0 Å². The maximum Gasteiger partial charge on any atom is 0.243 e. The number of hydrogen-bond acceptors (Lipinski definition) is 4. The topological polar surface area (TPSA) is 86.8 Å². The number of anilines is 1. The summed E-state index contributed by atoms with van der Waals surface area (Å²) in [6, 6.07) is 22.6. The second kappa shape index (κ2) is 15.0. The summed E-state index contributed by atoms with van der Waals surface area (Å²) in [4.78, 5) is 29.6. The van der Waals surface area contributed by atoms with E-state index in [-0.39, 0.29) is 37.4 Å². The van der Waals surface area contributed by atoms with Crippen molar-refractivity contribution in [3.05, 3.63) is 99.5 Å². The van der Waals surface area contributed by atoms with Gasteiger partial charge >= 0.3 is 0 Å². The Morgan fingerprint density at radius 1 is 0.930 bits per heavy atom. The lowest BCUT2D eigenvalue weighted by Gasteiger charge is -2.33. The highest BCUT2D eigenvalue weighted by atomic mass is 79.9. The molecule has 0 saturated heterocycles. The summed E-state index contributed by atoms with van der Waals surface area (Å²) in [6.07, 6.45) is 6.07. The van der Waals surface area contributed by atoms with Crippen LogP contribution in [0.3, 0.4) is 0 Å². The van der Waals surface area contributed by atoms with Gasteiger partial charge in [0.05, 0.1) is 11.9 Å². The van der Waals surface area contributed by atoms with E-state index in [0.29, 0.717) is 18.5 Å². The zero-order valence-electron chi connectivity index (χ0n) is 25.3. The number of hydrogen-bond donors (Lipinski definition) is 1. The molecule has 4 rings (SSSR count). The third-order valence-electron chi connectivity index (χ3n) is 7.86. The van der Waals surface area contributed by atoms with Crippen LogP contribution in [0.5, 0.6) is 0 Å². The summed E-state index contributed by atoms with van der Waals surface area (Å²) >= 11 is 3.53. The SMILES string of the molecule is Cc1cc(C)cc(N(CCCC(=O)N(Cc2cccc(Br)c2)[C@H](Cc2ccccc2)C(=O)NC2CCCC2)S(C)(=O)=O)c1. The molecule has 0 radical (unpaired) electrons. The van der Waals surface area contributed by atoms with E-state index in [0.717, 1.165) is 52.4 Å². The Hall–Kier alpha value is -3.17. The van der Waals surface area contributed by atoms with Gasteiger partial charge in [-0.1, -0.05) is 77.3 Å². The van der Waals surface area contributed by atoms with Crippen molar-refractivity contribution in [2.45, 2.75) is 77.4 Å². The molecule has 3 aromatic carbocycles. The molecule has 1 aliphatic rings. The van der Waals surface area contributed by atoms with Crippen molar-refractivity contribution < 1.29 is 18.0 Å². The Morgan fingerprint density at radius 2 is 1.58 bits per heavy atom. The highest BCUT2D eigenvalue weighted by molar-refractivity contribution is 9.10. The van der Waals surface area contributed by atoms with Gasteiger partial charge < -0.3 is 10.2 Å². The lowest BCUT2D eigenvalue weighted by molar-refractivity contribution is -0.141. The molecule has 7 nitrogen and oxygen atoms in total. The smallest absolute Gasteiger partial charge is 0.243 e. The summed E-state index contributed by atoms with van der Waals surface area (Å²) in [6.45, 7) is 4.30. The fourth-order valence-corrected chi connectivity index (χ4v) is 7.25. The fraction of sp³-hybridized carbons (Fsp3) is 0.412. The van der Waals surface area contributed by atoms with E-state index < -0.39 is 16.1 Å². The zero-order valence-corrected chi connectivity index (χ0v) is 27.7. The monoisotopic (exact) mass is 667 g/mol. The molecule has 0 heterocycles. The summed E-state index contributed by atoms with van der Waals surface area (Å²) in [5.41, 5.74) is 4.41. The molecular formula is C34H42BrN3O4S. The summed E-state index contributed by atoms with van der Waals surface area (Å²) in [5.74, 6) is -0.330. The van der Waals surface area contributed by atoms with E-state index >= 15 is 0 Å². The van der Waals surface area contributed by atoms with Crippen LogP contribution in [0.2, 0.25) is 0 Å². The molecule has 0 aliphatic heterocycles. The Kier molecular flexibility index (Phi) is 11.4. The number of halogens is 1. The molecule has 9 heteroatoms. The first kappa shape index (κ1) is 32.7. The number of aryl methyl sites for hydroxylation is 2. The average molecular weight is 669 g/mol. The third-order valence-corrected chi connectivity index (χ3v) is 9.55. The molecule has 1 atom stereocenters. The van der Waals surface area contributed by atoms with Gasteiger partial charge in [0.25, 0.3) is 0 Å². The van der Waals surface area contributed by atoms with Crippen LogP contribution in [0, 0.1) is 13.8 Å². The van der Waals surface area contributed by atoms with Crippen LogP contribution in [-0.2, 0) is 32.6 Å². The maximum atomic E-state index is 14.0. The molecule has 230 valence electrons. The lowest BCUT2D eigenvalue weighted by Crippen LogP contribution is -2.52. The third kappa shape index (κ3) is 9.66. The van der Waals surface area contributed by atoms with Gasteiger partial charge in [0.1, 0.15) is 6.04 Å². The van der Waals surface area contributed by atoms with Gasteiger partial charge in [-0.25, -0.2) is 8.42 Å².